The van der Waals surface area contributed by atoms with Crippen molar-refractivity contribution in [1.29, 1.82) is 0 Å². The molecule has 0 N–H and O–H groups in total. The van der Waals surface area contributed by atoms with Gasteiger partial charge in [-0.05, 0) is 40.8 Å². The molecular weight excluding hydrogens is 381 g/mol. The van der Waals surface area contributed by atoms with Crippen LogP contribution >= 0.6 is 22.6 Å². The van der Waals surface area contributed by atoms with E-state index in [0.717, 1.165) is 0 Å². The topological polar surface area (TPSA) is 3.24 Å². The molecule has 3 aromatic carbocycles. The van der Waals surface area contributed by atoms with Gasteiger partial charge in [0.1, 0.15) is 0 Å². The minimum Gasteiger partial charge on any atom is -0.311 e. The lowest BCUT2D eigenvalue weighted by atomic mass is 10.2. The lowest BCUT2D eigenvalue weighted by molar-refractivity contribution is 1.28. The molecule has 0 aliphatic heterocycles. The second-order valence-corrected chi connectivity index (χ2v) is 6.13. The van der Waals surface area contributed by atoms with Crippen LogP contribution in [0.1, 0.15) is 6.92 Å². The summed E-state index contributed by atoms with van der Waals surface area (Å²) >= 11 is 2.29. The lowest BCUT2D eigenvalue weighted by Crippen LogP contribution is -2.09. The molecular formula is C20H20IN. The van der Waals surface area contributed by atoms with Gasteiger partial charge >= 0.3 is 0 Å². The van der Waals surface area contributed by atoms with Crippen molar-refractivity contribution in [3.05, 3.63) is 91.0 Å². The number of hydrogen-bond donors (Lipinski definition) is 0. The lowest BCUT2D eigenvalue weighted by Gasteiger charge is -2.25. The molecule has 3 rings (SSSR count). The van der Waals surface area contributed by atoms with E-state index >= 15 is 0 Å². The molecule has 0 aliphatic carbocycles. The molecule has 0 saturated heterocycles. The summed E-state index contributed by atoms with van der Waals surface area (Å²) in [5.41, 5.74) is 3.50. The van der Waals surface area contributed by atoms with Crippen molar-refractivity contribution < 1.29 is 0 Å². The zero-order valence-corrected chi connectivity index (χ0v) is 14.9. The van der Waals surface area contributed by atoms with Gasteiger partial charge in [0.05, 0.1) is 0 Å². The largest absolute Gasteiger partial charge is 0.311 e. The van der Waals surface area contributed by atoms with E-state index < -0.39 is 0 Å². The Morgan fingerprint density at radius 2 is 0.818 bits per heavy atom. The van der Waals surface area contributed by atoms with E-state index in [9.17, 15) is 0 Å². The maximum Gasteiger partial charge on any atom is 0.0461 e. The average Bonchev–Trinajstić information content (AvgIpc) is 2.59. The molecule has 22 heavy (non-hydrogen) atoms. The summed E-state index contributed by atoms with van der Waals surface area (Å²) in [6, 6.07) is 31.3. The Kier molecular flexibility index (Phi) is 6.97. The number of hydrogen-bond acceptors (Lipinski definition) is 1. The Balaban J connectivity index is 0.000000545. The zero-order valence-electron chi connectivity index (χ0n) is 12.7. The van der Waals surface area contributed by atoms with Gasteiger partial charge in [0, 0.05) is 17.1 Å². The van der Waals surface area contributed by atoms with Crippen LogP contribution in [0.15, 0.2) is 91.0 Å². The number of para-hydroxylation sites is 3. The molecule has 0 fully saturated rings. The first-order valence-corrected chi connectivity index (χ1v) is 8.90. The first kappa shape index (κ1) is 16.6. The highest BCUT2D eigenvalue weighted by molar-refractivity contribution is 14.1. The SMILES string of the molecule is CCI.c1ccc(N(c2ccccc2)c2ccccc2)cc1. The van der Waals surface area contributed by atoms with E-state index in [1.54, 1.807) is 0 Å². The predicted molar refractivity (Wildman–Crippen MR) is 106 cm³/mol. The van der Waals surface area contributed by atoms with Gasteiger partial charge in [-0.25, -0.2) is 0 Å². The Morgan fingerprint density at radius 3 is 1.05 bits per heavy atom. The molecule has 0 radical (unpaired) electrons. The van der Waals surface area contributed by atoms with Crippen LogP contribution in [0, 0.1) is 0 Å². The first-order valence-electron chi connectivity index (χ1n) is 7.38. The summed E-state index contributed by atoms with van der Waals surface area (Å²) in [5, 5.41) is 0. The highest BCUT2D eigenvalue weighted by Gasteiger charge is 2.10. The third-order valence-electron chi connectivity index (χ3n) is 3.04. The van der Waals surface area contributed by atoms with Crippen LogP contribution in [-0.2, 0) is 0 Å². The number of rotatable bonds is 3. The highest BCUT2D eigenvalue weighted by Crippen LogP contribution is 2.33. The molecule has 0 aliphatic rings. The van der Waals surface area contributed by atoms with Crippen LogP contribution < -0.4 is 4.90 Å². The number of halogens is 1. The quantitative estimate of drug-likeness (QED) is 0.353. The summed E-state index contributed by atoms with van der Waals surface area (Å²) < 4.78 is 1.22. The molecule has 0 saturated carbocycles. The molecule has 0 amide bonds. The monoisotopic (exact) mass is 401 g/mol. The number of alkyl halides is 1. The van der Waals surface area contributed by atoms with Crippen molar-refractivity contribution in [2.75, 3.05) is 9.33 Å². The maximum atomic E-state index is 2.29. The van der Waals surface area contributed by atoms with E-state index in [0.29, 0.717) is 0 Å². The first-order chi connectivity index (χ1) is 10.9. The standard InChI is InChI=1S/C18H15N.C2H5I/c1-4-10-16(11-5-1)19(17-12-6-2-7-13-17)18-14-8-3-9-15-18;1-2-3/h1-15H;2H2,1H3. The van der Waals surface area contributed by atoms with Crippen LogP contribution in [0.3, 0.4) is 0 Å². The molecule has 0 spiro atoms. The van der Waals surface area contributed by atoms with Gasteiger partial charge < -0.3 is 4.90 Å². The van der Waals surface area contributed by atoms with Gasteiger partial charge in [-0.3, -0.25) is 0 Å². The van der Waals surface area contributed by atoms with Crippen LogP contribution in [0.4, 0.5) is 17.1 Å². The van der Waals surface area contributed by atoms with Crippen molar-refractivity contribution >= 4 is 39.7 Å². The molecule has 3 aromatic rings. The number of anilines is 3. The van der Waals surface area contributed by atoms with Crippen LogP contribution in [0.2, 0.25) is 0 Å². The Hall–Kier alpha value is -1.81. The molecule has 0 atom stereocenters. The molecule has 1 nitrogen and oxygen atoms in total. The highest BCUT2D eigenvalue weighted by atomic mass is 127. The molecule has 0 unspecified atom stereocenters. The van der Waals surface area contributed by atoms with Crippen molar-refractivity contribution in [3.8, 4) is 0 Å². The van der Waals surface area contributed by atoms with Gasteiger partial charge in [-0.2, -0.15) is 0 Å². The van der Waals surface area contributed by atoms with E-state index in [4.69, 9.17) is 0 Å². The Labute approximate surface area is 146 Å². The molecule has 0 heterocycles. The van der Waals surface area contributed by atoms with Crippen LogP contribution in [0.5, 0.6) is 0 Å². The second-order valence-electron chi connectivity index (χ2n) is 4.61. The van der Waals surface area contributed by atoms with Crippen molar-refractivity contribution in [1.82, 2.24) is 0 Å². The molecule has 0 bridgehead atoms. The van der Waals surface area contributed by atoms with E-state index in [2.05, 4.69) is 107 Å². The number of nitrogens with zero attached hydrogens (tertiary/aromatic N) is 1. The van der Waals surface area contributed by atoms with E-state index in [-0.39, 0.29) is 0 Å². The minimum atomic E-state index is 1.17. The summed E-state index contributed by atoms with van der Waals surface area (Å²) in [7, 11) is 0. The van der Waals surface area contributed by atoms with Gasteiger partial charge in [0.2, 0.25) is 0 Å². The smallest absolute Gasteiger partial charge is 0.0461 e. The predicted octanol–water partition coefficient (Wildman–Crippen LogP) is 6.60. The zero-order chi connectivity index (χ0) is 15.6. The number of benzene rings is 3. The van der Waals surface area contributed by atoms with Crippen molar-refractivity contribution in [2.45, 2.75) is 6.92 Å². The third-order valence-corrected chi connectivity index (χ3v) is 3.04. The Bertz CT molecular complexity index is 544. The third kappa shape index (κ3) is 4.60. The summed E-state index contributed by atoms with van der Waals surface area (Å²) in [6.45, 7) is 2.11. The molecule has 0 aromatic heterocycles. The normalized spacial score (nSPS) is 9.55. The van der Waals surface area contributed by atoms with Gasteiger partial charge in [-0.15, -0.1) is 0 Å². The van der Waals surface area contributed by atoms with Gasteiger partial charge in [0.15, 0.2) is 0 Å². The van der Waals surface area contributed by atoms with Crippen LogP contribution in [-0.4, -0.2) is 4.43 Å². The molecule has 2 heteroatoms. The summed E-state index contributed by atoms with van der Waals surface area (Å²) in [4.78, 5) is 2.25. The Morgan fingerprint density at radius 1 is 0.591 bits per heavy atom. The fourth-order valence-corrected chi connectivity index (χ4v) is 2.18. The van der Waals surface area contributed by atoms with Crippen LogP contribution in [0.25, 0.3) is 0 Å². The van der Waals surface area contributed by atoms with Gasteiger partial charge in [-0.1, -0.05) is 84.1 Å². The maximum absolute atomic E-state index is 2.29. The summed E-state index contributed by atoms with van der Waals surface area (Å²) in [6.07, 6.45) is 0. The summed E-state index contributed by atoms with van der Waals surface area (Å²) in [5.74, 6) is 0. The fraction of sp³-hybridized carbons (Fsp3) is 0.100. The fourth-order valence-electron chi connectivity index (χ4n) is 2.18. The minimum absolute atomic E-state index is 1.17. The van der Waals surface area contributed by atoms with E-state index in [1.807, 2.05) is 18.2 Å². The van der Waals surface area contributed by atoms with Crippen molar-refractivity contribution in [2.24, 2.45) is 0 Å². The second kappa shape index (κ2) is 9.26. The molecule has 112 valence electrons. The average molecular weight is 401 g/mol. The van der Waals surface area contributed by atoms with E-state index in [1.165, 1.54) is 21.5 Å². The van der Waals surface area contributed by atoms with Gasteiger partial charge in [0.25, 0.3) is 0 Å². The van der Waals surface area contributed by atoms with Crippen molar-refractivity contribution in [3.63, 3.8) is 0 Å².